The zero-order valence-corrected chi connectivity index (χ0v) is 11.9. The minimum atomic E-state index is 0.654. The third-order valence-corrected chi connectivity index (χ3v) is 4.26. The summed E-state index contributed by atoms with van der Waals surface area (Å²) in [5.74, 6) is 0.744. The van der Waals surface area contributed by atoms with Crippen LogP contribution in [0.2, 0.25) is 0 Å². The summed E-state index contributed by atoms with van der Waals surface area (Å²) in [6.45, 7) is 2.84. The molecule has 0 aliphatic carbocycles. The van der Waals surface area contributed by atoms with Crippen LogP contribution in [0.25, 0.3) is 10.9 Å². The molecule has 0 unspecified atom stereocenters. The molecule has 0 atom stereocenters. The molecule has 1 N–H and O–H groups in total. The van der Waals surface area contributed by atoms with E-state index in [-0.39, 0.29) is 0 Å². The first-order valence-electron chi connectivity index (χ1n) is 6.34. The number of hydrogen-bond acceptors (Lipinski definition) is 4. The van der Waals surface area contributed by atoms with E-state index in [1.807, 2.05) is 30.3 Å². The maximum atomic E-state index is 9.25. The van der Waals surface area contributed by atoms with Gasteiger partial charge in [-0.05, 0) is 36.1 Å². The maximum Gasteiger partial charge on any atom is 0.128 e. The molecule has 20 heavy (non-hydrogen) atoms. The summed E-state index contributed by atoms with van der Waals surface area (Å²) in [5.41, 5.74) is 2.78. The van der Waals surface area contributed by atoms with Gasteiger partial charge in [0.05, 0.1) is 23.7 Å². The molecule has 1 aromatic carbocycles. The van der Waals surface area contributed by atoms with E-state index in [1.54, 1.807) is 11.3 Å². The van der Waals surface area contributed by atoms with Crippen LogP contribution < -0.4 is 5.32 Å². The van der Waals surface area contributed by atoms with Gasteiger partial charge >= 0.3 is 0 Å². The van der Waals surface area contributed by atoms with Crippen molar-refractivity contribution in [1.82, 2.24) is 4.98 Å². The molecule has 4 heteroatoms. The molecular weight excluding hydrogens is 266 g/mol. The number of aryl methyl sites for hydroxylation is 1. The lowest BCUT2D eigenvalue weighted by Gasteiger charge is -2.07. The summed E-state index contributed by atoms with van der Waals surface area (Å²) in [6.07, 6.45) is 0. The van der Waals surface area contributed by atoms with Gasteiger partial charge in [-0.25, -0.2) is 4.98 Å². The highest BCUT2D eigenvalue weighted by molar-refractivity contribution is 7.10. The largest absolute Gasteiger partial charge is 0.365 e. The van der Waals surface area contributed by atoms with Gasteiger partial charge in [0.2, 0.25) is 0 Å². The van der Waals surface area contributed by atoms with Crippen molar-refractivity contribution < 1.29 is 0 Å². The fourth-order valence-corrected chi connectivity index (χ4v) is 2.96. The third-order valence-electron chi connectivity index (χ3n) is 3.23. The standard InChI is InChI=1S/C16H13N3S/c1-11-6-7-20-15(11)10-18-16-8-12(9-17)13-4-2-3-5-14(13)19-16/h2-8H,10H2,1H3,(H,18,19). The topological polar surface area (TPSA) is 48.7 Å². The predicted molar refractivity (Wildman–Crippen MR) is 82.8 cm³/mol. The van der Waals surface area contributed by atoms with Crippen molar-refractivity contribution in [3.05, 3.63) is 57.8 Å². The number of aromatic nitrogens is 1. The van der Waals surface area contributed by atoms with Crippen molar-refractivity contribution in [3.63, 3.8) is 0 Å². The molecule has 3 nitrogen and oxygen atoms in total. The molecule has 3 aromatic rings. The number of fused-ring (bicyclic) bond motifs is 1. The lowest BCUT2D eigenvalue weighted by atomic mass is 10.1. The number of nitrogens with zero attached hydrogens (tertiary/aromatic N) is 2. The molecule has 2 aromatic heterocycles. The van der Waals surface area contributed by atoms with Crippen molar-refractivity contribution in [1.29, 1.82) is 5.26 Å². The number of para-hydroxylation sites is 1. The molecule has 2 heterocycles. The Bertz CT molecular complexity index is 799. The van der Waals surface area contributed by atoms with Gasteiger partial charge in [-0.3, -0.25) is 0 Å². The Hall–Kier alpha value is -2.38. The van der Waals surface area contributed by atoms with Gasteiger partial charge in [-0.2, -0.15) is 5.26 Å². The van der Waals surface area contributed by atoms with Crippen molar-refractivity contribution in [2.75, 3.05) is 5.32 Å². The monoisotopic (exact) mass is 279 g/mol. The van der Waals surface area contributed by atoms with Crippen LogP contribution in [0.4, 0.5) is 5.82 Å². The van der Waals surface area contributed by atoms with E-state index in [2.05, 4.69) is 34.7 Å². The first kappa shape index (κ1) is 12.6. The number of nitriles is 1. The van der Waals surface area contributed by atoms with Crippen molar-refractivity contribution in [2.45, 2.75) is 13.5 Å². The first-order valence-corrected chi connectivity index (χ1v) is 7.22. The molecule has 0 spiro atoms. The summed E-state index contributed by atoms with van der Waals surface area (Å²) >= 11 is 1.73. The molecule has 0 amide bonds. The molecule has 0 fully saturated rings. The normalized spacial score (nSPS) is 10.4. The first-order chi connectivity index (χ1) is 9.78. The smallest absolute Gasteiger partial charge is 0.128 e. The Morgan fingerprint density at radius 2 is 2.15 bits per heavy atom. The van der Waals surface area contributed by atoms with Crippen LogP contribution in [-0.4, -0.2) is 4.98 Å². The van der Waals surface area contributed by atoms with Crippen LogP contribution in [0, 0.1) is 18.3 Å². The Kier molecular flexibility index (Phi) is 3.36. The minimum Gasteiger partial charge on any atom is -0.365 e. The molecular formula is C16H13N3S. The van der Waals surface area contributed by atoms with Gasteiger partial charge in [-0.1, -0.05) is 18.2 Å². The lowest BCUT2D eigenvalue weighted by Crippen LogP contribution is -2.01. The number of pyridine rings is 1. The molecule has 0 aliphatic heterocycles. The number of thiophene rings is 1. The van der Waals surface area contributed by atoms with E-state index >= 15 is 0 Å². The SMILES string of the molecule is Cc1ccsc1CNc1cc(C#N)c2ccccc2n1. The number of rotatable bonds is 3. The van der Waals surface area contributed by atoms with Crippen molar-refractivity contribution in [3.8, 4) is 6.07 Å². The highest BCUT2D eigenvalue weighted by Gasteiger charge is 2.06. The third kappa shape index (κ3) is 2.36. The lowest BCUT2D eigenvalue weighted by molar-refractivity contribution is 1.14. The van der Waals surface area contributed by atoms with Crippen molar-refractivity contribution in [2.24, 2.45) is 0 Å². The second-order valence-corrected chi connectivity index (χ2v) is 5.57. The predicted octanol–water partition coefficient (Wildman–Crippen LogP) is 4.09. The number of hydrogen-bond donors (Lipinski definition) is 1. The quantitative estimate of drug-likeness (QED) is 0.785. The summed E-state index contributed by atoms with van der Waals surface area (Å²) in [5, 5.41) is 15.5. The van der Waals surface area contributed by atoms with E-state index < -0.39 is 0 Å². The maximum absolute atomic E-state index is 9.25. The van der Waals surface area contributed by atoms with Gasteiger partial charge in [-0.15, -0.1) is 11.3 Å². The summed E-state index contributed by atoms with van der Waals surface area (Å²) in [4.78, 5) is 5.85. The van der Waals surface area contributed by atoms with Crippen LogP contribution in [0.5, 0.6) is 0 Å². The van der Waals surface area contributed by atoms with Crippen LogP contribution >= 0.6 is 11.3 Å². The van der Waals surface area contributed by atoms with E-state index in [9.17, 15) is 5.26 Å². The second-order valence-electron chi connectivity index (χ2n) is 4.56. The highest BCUT2D eigenvalue weighted by Crippen LogP contribution is 2.21. The van der Waals surface area contributed by atoms with Crippen LogP contribution in [0.1, 0.15) is 16.0 Å². The van der Waals surface area contributed by atoms with E-state index in [0.717, 1.165) is 23.3 Å². The molecule has 0 bridgehead atoms. The Morgan fingerprint density at radius 1 is 1.30 bits per heavy atom. The molecule has 0 saturated carbocycles. The van der Waals surface area contributed by atoms with Gasteiger partial charge < -0.3 is 5.32 Å². The Morgan fingerprint density at radius 3 is 2.90 bits per heavy atom. The fourth-order valence-electron chi connectivity index (χ4n) is 2.11. The van der Waals surface area contributed by atoms with E-state index in [4.69, 9.17) is 0 Å². The van der Waals surface area contributed by atoms with Gasteiger partial charge in [0.1, 0.15) is 5.82 Å². The van der Waals surface area contributed by atoms with Crippen LogP contribution in [0.15, 0.2) is 41.8 Å². The fraction of sp³-hybridized carbons (Fsp3) is 0.125. The van der Waals surface area contributed by atoms with E-state index in [0.29, 0.717) is 5.56 Å². The average Bonchev–Trinajstić information content (AvgIpc) is 2.89. The number of anilines is 1. The number of benzene rings is 1. The molecule has 0 radical (unpaired) electrons. The van der Waals surface area contributed by atoms with E-state index in [1.165, 1.54) is 10.4 Å². The van der Waals surface area contributed by atoms with Crippen LogP contribution in [0.3, 0.4) is 0 Å². The average molecular weight is 279 g/mol. The molecule has 3 rings (SSSR count). The van der Waals surface area contributed by atoms with Gasteiger partial charge in [0, 0.05) is 10.3 Å². The Balaban J connectivity index is 1.92. The zero-order valence-electron chi connectivity index (χ0n) is 11.1. The van der Waals surface area contributed by atoms with Crippen LogP contribution in [-0.2, 0) is 6.54 Å². The zero-order chi connectivity index (χ0) is 13.9. The van der Waals surface area contributed by atoms with Gasteiger partial charge in [0.25, 0.3) is 0 Å². The Labute approximate surface area is 121 Å². The summed E-state index contributed by atoms with van der Waals surface area (Å²) < 4.78 is 0. The second kappa shape index (κ2) is 5.32. The molecule has 0 saturated heterocycles. The van der Waals surface area contributed by atoms with Crippen molar-refractivity contribution >= 4 is 28.1 Å². The highest BCUT2D eigenvalue weighted by atomic mass is 32.1. The number of nitrogens with one attached hydrogen (secondary N) is 1. The van der Waals surface area contributed by atoms with Gasteiger partial charge in [0.15, 0.2) is 0 Å². The minimum absolute atomic E-state index is 0.654. The molecule has 98 valence electrons. The summed E-state index contributed by atoms with van der Waals surface area (Å²) in [7, 11) is 0. The molecule has 0 aliphatic rings. The summed E-state index contributed by atoms with van der Waals surface area (Å²) in [6, 6.07) is 13.9.